The normalized spacial score (nSPS) is 24.0. The minimum atomic E-state index is -0.317. The maximum absolute atomic E-state index is 10.8. The Balaban J connectivity index is 2.30. The maximum atomic E-state index is 10.8. The van der Waals surface area contributed by atoms with E-state index in [1.165, 1.54) is 4.90 Å². The molecule has 1 atom stereocenters. The number of urea groups is 1. The van der Waals surface area contributed by atoms with E-state index in [9.17, 15) is 4.79 Å². The highest BCUT2D eigenvalue weighted by molar-refractivity contribution is 5.75. The topological polar surface area (TPSA) is 53.6 Å². The molecular formula is C6H13N3O2. The molecule has 0 spiro atoms. The van der Waals surface area contributed by atoms with E-state index in [2.05, 4.69) is 10.9 Å². The van der Waals surface area contributed by atoms with Crippen LogP contribution in [0.3, 0.4) is 0 Å². The first-order chi connectivity index (χ1) is 5.25. The highest BCUT2D eigenvalue weighted by Crippen LogP contribution is 2.00. The molecule has 1 unspecified atom stereocenters. The number of nitrogens with zero attached hydrogens (tertiary/aromatic N) is 1. The zero-order valence-electron chi connectivity index (χ0n) is 6.76. The fourth-order valence-corrected chi connectivity index (χ4v) is 0.798. The summed E-state index contributed by atoms with van der Waals surface area (Å²) in [4.78, 5) is 12.3. The molecule has 1 heterocycles. The van der Waals surface area contributed by atoms with Gasteiger partial charge < -0.3 is 4.74 Å². The number of carbonyl (C=O) groups is 1. The SMILES string of the molecule is CCCOC1NNC(=O)N1C. The molecule has 1 aliphatic heterocycles. The van der Waals surface area contributed by atoms with Crippen LogP contribution in [0.25, 0.3) is 0 Å². The molecular weight excluding hydrogens is 146 g/mol. The second kappa shape index (κ2) is 3.54. The van der Waals surface area contributed by atoms with Crippen LogP contribution in [0.4, 0.5) is 4.79 Å². The van der Waals surface area contributed by atoms with Crippen LogP contribution in [0.1, 0.15) is 13.3 Å². The summed E-state index contributed by atoms with van der Waals surface area (Å²) < 4.78 is 5.27. The highest BCUT2D eigenvalue weighted by Gasteiger charge is 2.26. The Labute approximate surface area is 65.7 Å². The predicted molar refractivity (Wildman–Crippen MR) is 39.5 cm³/mol. The van der Waals surface area contributed by atoms with Gasteiger partial charge >= 0.3 is 6.03 Å². The predicted octanol–water partition coefficient (Wildman–Crippen LogP) is -0.144. The third-order valence-corrected chi connectivity index (χ3v) is 1.45. The van der Waals surface area contributed by atoms with E-state index >= 15 is 0 Å². The molecule has 1 aliphatic rings. The third-order valence-electron chi connectivity index (χ3n) is 1.45. The second-order valence-electron chi connectivity index (χ2n) is 2.41. The maximum Gasteiger partial charge on any atom is 0.334 e. The molecule has 2 N–H and O–H groups in total. The van der Waals surface area contributed by atoms with Gasteiger partial charge in [-0.2, -0.15) is 5.43 Å². The minimum Gasteiger partial charge on any atom is -0.344 e. The highest BCUT2D eigenvalue weighted by atomic mass is 16.5. The lowest BCUT2D eigenvalue weighted by molar-refractivity contribution is -0.0288. The molecule has 0 aromatic rings. The van der Waals surface area contributed by atoms with Gasteiger partial charge in [0.15, 0.2) is 0 Å². The van der Waals surface area contributed by atoms with Gasteiger partial charge in [-0.3, -0.25) is 10.3 Å². The molecule has 5 heteroatoms. The Bertz CT molecular complexity index is 151. The molecule has 0 aliphatic carbocycles. The molecule has 64 valence electrons. The van der Waals surface area contributed by atoms with E-state index in [0.717, 1.165) is 6.42 Å². The van der Waals surface area contributed by atoms with Crippen LogP contribution in [0, 0.1) is 0 Å². The van der Waals surface area contributed by atoms with E-state index in [-0.39, 0.29) is 12.4 Å². The molecule has 0 bridgehead atoms. The minimum absolute atomic E-state index is 0.161. The van der Waals surface area contributed by atoms with Crippen molar-refractivity contribution < 1.29 is 9.53 Å². The Morgan fingerprint density at radius 2 is 2.45 bits per heavy atom. The molecule has 0 radical (unpaired) electrons. The van der Waals surface area contributed by atoms with Crippen LogP contribution in [0.2, 0.25) is 0 Å². The molecule has 1 saturated heterocycles. The molecule has 2 amide bonds. The van der Waals surface area contributed by atoms with Gasteiger partial charge in [0.1, 0.15) is 0 Å². The Kier molecular flexibility index (Phi) is 2.67. The Hall–Kier alpha value is -0.810. The molecule has 1 fully saturated rings. The van der Waals surface area contributed by atoms with Gasteiger partial charge in [-0.25, -0.2) is 4.79 Å². The van der Waals surface area contributed by atoms with E-state index in [0.29, 0.717) is 6.61 Å². The smallest absolute Gasteiger partial charge is 0.334 e. The van der Waals surface area contributed by atoms with E-state index in [4.69, 9.17) is 4.74 Å². The molecule has 0 aromatic heterocycles. The van der Waals surface area contributed by atoms with Gasteiger partial charge in [0.25, 0.3) is 0 Å². The fourth-order valence-electron chi connectivity index (χ4n) is 0.798. The summed E-state index contributed by atoms with van der Waals surface area (Å²) in [7, 11) is 1.68. The number of hydrogen-bond acceptors (Lipinski definition) is 3. The molecule has 0 saturated carbocycles. The van der Waals surface area contributed by atoms with Gasteiger partial charge in [0.2, 0.25) is 6.35 Å². The van der Waals surface area contributed by atoms with Crippen molar-refractivity contribution in [1.82, 2.24) is 15.8 Å². The molecule has 0 aromatic carbocycles. The number of hydrogen-bond donors (Lipinski definition) is 2. The number of nitrogens with one attached hydrogen (secondary N) is 2. The van der Waals surface area contributed by atoms with E-state index in [1.54, 1.807) is 7.05 Å². The average Bonchev–Trinajstić information content (AvgIpc) is 2.31. The van der Waals surface area contributed by atoms with Crippen LogP contribution < -0.4 is 10.9 Å². The zero-order chi connectivity index (χ0) is 8.27. The van der Waals surface area contributed by atoms with Gasteiger partial charge in [0, 0.05) is 7.05 Å². The summed E-state index contributed by atoms with van der Waals surface area (Å²) >= 11 is 0. The Morgan fingerprint density at radius 3 is 2.91 bits per heavy atom. The van der Waals surface area contributed by atoms with Crippen molar-refractivity contribution in [1.29, 1.82) is 0 Å². The molecule has 11 heavy (non-hydrogen) atoms. The first-order valence-electron chi connectivity index (χ1n) is 3.65. The van der Waals surface area contributed by atoms with E-state index < -0.39 is 0 Å². The lowest BCUT2D eigenvalue weighted by Gasteiger charge is -2.16. The van der Waals surface area contributed by atoms with Crippen molar-refractivity contribution in [3.05, 3.63) is 0 Å². The third kappa shape index (κ3) is 1.81. The summed E-state index contributed by atoms with van der Waals surface area (Å²) in [5.41, 5.74) is 5.14. The molecule has 5 nitrogen and oxygen atoms in total. The van der Waals surface area contributed by atoms with Crippen LogP contribution >= 0.6 is 0 Å². The Morgan fingerprint density at radius 1 is 1.73 bits per heavy atom. The number of carbonyl (C=O) groups excluding carboxylic acids is 1. The number of ether oxygens (including phenoxy) is 1. The van der Waals surface area contributed by atoms with Crippen LogP contribution in [0.5, 0.6) is 0 Å². The number of hydrazine groups is 1. The fraction of sp³-hybridized carbons (Fsp3) is 0.833. The lowest BCUT2D eigenvalue weighted by atomic mass is 10.5. The van der Waals surface area contributed by atoms with Crippen LogP contribution in [-0.4, -0.2) is 30.9 Å². The second-order valence-corrected chi connectivity index (χ2v) is 2.41. The first-order valence-corrected chi connectivity index (χ1v) is 3.65. The summed E-state index contributed by atoms with van der Waals surface area (Å²) in [6, 6.07) is -0.161. The van der Waals surface area contributed by atoms with Crippen molar-refractivity contribution in [2.24, 2.45) is 0 Å². The van der Waals surface area contributed by atoms with Crippen molar-refractivity contribution in [2.45, 2.75) is 19.7 Å². The van der Waals surface area contributed by atoms with Crippen LogP contribution in [0.15, 0.2) is 0 Å². The largest absolute Gasteiger partial charge is 0.344 e. The monoisotopic (exact) mass is 159 g/mol. The average molecular weight is 159 g/mol. The summed E-state index contributed by atoms with van der Waals surface area (Å²) in [5, 5.41) is 0. The van der Waals surface area contributed by atoms with Crippen molar-refractivity contribution in [2.75, 3.05) is 13.7 Å². The van der Waals surface area contributed by atoms with Gasteiger partial charge in [-0.1, -0.05) is 6.92 Å². The van der Waals surface area contributed by atoms with Gasteiger partial charge in [-0.15, -0.1) is 0 Å². The standard InChI is InChI=1S/C6H13N3O2/c1-3-4-11-6-8-7-5(10)9(6)2/h6,8H,3-4H2,1-2H3,(H,7,10). The van der Waals surface area contributed by atoms with E-state index in [1.807, 2.05) is 6.92 Å². The van der Waals surface area contributed by atoms with Crippen molar-refractivity contribution in [3.8, 4) is 0 Å². The summed E-state index contributed by atoms with van der Waals surface area (Å²) in [5.74, 6) is 0. The summed E-state index contributed by atoms with van der Waals surface area (Å²) in [6.07, 6.45) is 0.627. The van der Waals surface area contributed by atoms with Crippen LogP contribution in [-0.2, 0) is 4.74 Å². The number of rotatable bonds is 3. The van der Waals surface area contributed by atoms with Gasteiger partial charge in [0.05, 0.1) is 6.61 Å². The number of amides is 2. The quantitative estimate of drug-likeness (QED) is 0.602. The van der Waals surface area contributed by atoms with Crippen molar-refractivity contribution >= 4 is 6.03 Å². The van der Waals surface area contributed by atoms with Gasteiger partial charge in [-0.05, 0) is 6.42 Å². The zero-order valence-corrected chi connectivity index (χ0v) is 6.76. The summed E-state index contributed by atoms with van der Waals surface area (Å²) in [6.45, 7) is 2.67. The first kappa shape index (κ1) is 8.29. The molecule has 1 rings (SSSR count). The lowest BCUT2D eigenvalue weighted by Crippen LogP contribution is -2.37. The van der Waals surface area contributed by atoms with Crippen molar-refractivity contribution in [3.63, 3.8) is 0 Å².